The van der Waals surface area contributed by atoms with Crippen molar-refractivity contribution < 1.29 is 13.7 Å². The number of benzene rings is 1. The monoisotopic (exact) mass is 270 g/mol. The molecule has 0 heterocycles. The van der Waals surface area contributed by atoms with Crippen molar-refractivity contribution in [3.63, 3.8) is 0 Å². The average Bonchev–Trinajstić information content (AvgIpc) is 3.10. The zero-order chi connectivity index (χ0) is 14.0. The molecular formula is C13H16F2N2O2. The zero-order valence-corrected chi connectivity index (χ0v) is 10.7. The summed E-state index contributed by atoms with van der Waals surface area (Å²) in [5.41, 5.74) is -0.759. The van der Waals surface area contributed by atoms with Crippen LogP contribution in [0.25, 0.3) is 0 Å². The first kappa shape index (κ1) is 13.7. The van der Waals surface area contributed by atoms with Crippen molar-refractivity contribution in [2.45, 2.75) is 38.6 Å². The van der Waals surface area contributed by atoms with Crippen LogP contribution in [0.5, 0.6) is 0 Å². The van der Waals surface area contributed by atoms with Crippen LogP contribution in [0.1, 0.15) is 32.6 Å². The molecule has 1 aromatic carbocycles. The largest absolute Gasteiger partial charge is 0.377 e. The Bertz CT molecular complexity index is 490. The maximum atomic E-state index is 13.5. The van der Waals surface area contributed by atoms with E-state index in [0.717, 1.165) is 31.7 Å². The molecule has 0 bridgehead atoms. The van der Waals surface area contributed by atoms with E-state index in [1.807, 2.05) is 6.92 Å². The number of halogens is 2. The Kier molecular flexibility index (Phi) is 3.97. The van der Waals surface area contributed by atoms with Crippen LogP contribution in [0.15, 0.2) is 12.1 Å². The minimum Gasteiger partial charge on any atom is -0.377 e. The van der Waals surface area contributed by atoms with Gasteiger partial charge in [0.1, 0.15) is 11.5 Å². The SMILES string of the molecule is CCC(CC1CC1)Nc1cc(F)cc(F)c1[N+](=O)[O-]. The van der Waals surface area contributed by atoms with Gasteiger partial charge in [0.25, 0.3) is 0 Å². The predicted octanol–water partition coefficient (Wildman–Crippen LogP) is 3.86. The highest BCUT2D eigenvalue weighted by atomic mass is 19.1. The fraction of sp³-hybridized carbons (Fsp3) is 0.538. The number of nitro benzene ring substituents is 1. The van der Waals surface area contributed by atoms with E-state index < -0.39 is 22.2 Å². The highest BCUT2D eigenvalue weighted by molar-refractivity contribution is 5.62. The van der Waals surface area contributed by atoms with Crippen molar-refractivity contribution in [2.24, 2.45) is 5.92 Å². The molecule has 2 rings (SSSR count). The van der Waals surface area contributed by atoms with Gasteiger partial charge >= 0.3 is 5.69 Å². The first-order chi connectivity index (χ1) is 9.01. The van der Waals surface area contributed by atoms with Crippen molar-refractivity contribution in [1.29, 1.82) is 0 Å². The van der Waals surface area contributed by atoms with Gasteiger partial charge in [-0.2, -0.15) is 4.39 Å². The molecule has 1 fully saturated rings. The summed E-state index contributed by atoms with van der Waals surface area (Å²) in [6.45, 7) is 1.95. The molecule has 1 aliphatic carbocycles. The summed E-state index contributed by atoms with van der Waals surface area (Å²) in [7, 11) is 0. The Balaban J connectivity index is 2.23. The van der Waals surface area contributed by atoms with Gasteiger partial charge in [0.15, 0.2) is 0 Å². The molecule has 0 spiro atoms. The van der Waals surface area contributed by atoms with Crippen molar-refractivity contribution in [3.05, 3.63) is 33.9 Å². The highest BCUT2D eigenvalue weighted by Gasteiger charge is 2.27. The molecule has 0 amide bonds. The standard InChI is InChI=1S/C13H16F2N2O2/c1-2-10(5-8-3-4-8)16-12-7-9(14)6-11(15)13(12)17(18)19/h6-8,10,16H,2-5H2,1H3. The summed E-state index contributed by atoms with van der Waals surface area (Å²) in [6, 6.07) is 1.52. The molecule has 1 N–H and O–H groups in total. The maximum Gasteiger partial charge on any atom is 0.327 e. The number of nitrogens with one attached hydrogen (secondary N) is 1. The van der Waals surface area contributed by atoms with Crippen LogP contribution in [0.4, 0.5) is 20.2 Å². The van der Waals surface area contributed by atoms with Gasteiger partial charge in [-0.05, 0) is 18.8 Å². The van der Waals surface area contributed by atoms with Gasteiger partial charge < -0.3 is 5.32 Å². The Hall–Kier alpha value is -1.72. The van der Waals surface area contributed by atoms with E-state index >= 15 is 0 Å². The number of anilines is 1. The number of nitro groups is 1. The second-order valence-corrected chi connectivity index (χ2v) is 4.97. The van der Waals surface area contributed by atoms with Crippen LogP contribution in [-0.4, -0.2) is 11.0 Å². The normalized spacial score (nSPS) is 16.2. The molecule has 0 saturated heterocycles. The average molecular weight is 270 g/mol. The van der Waals surface area contributed by atoms with Crippen molar-refractivity contribution in [1.82, 2.24) is 0 Å². The van der Waals surface area contributed by atoms with E-state index in [4.69, 9.17) is 0 Å². The third-order valence-corrected chi connectivity index (χ3v) is 3.38. The summed E-state index contributed by atoms with van der Waals surface area (Å²) in [6.07, 6.45) is 3.97. The summed E-state index contributed by atoms with van der Waals surface area (Å²) in [4.78, 5) is 10.0. The van der Waals surface area contributed by atoms with Crippen LogP contribution in [0, 0.1) is 27.7 Å². The molecule has 1 aromatic rings. The molecule has 19 heavy (non-hydrogen) atoms. The summed E-state index contributed by atoms with van der Waals surface area (Å²) >= 11 is 0. The second-order valence-electron chi connectivity index (χ2n) is 4.97. The first-order valence-corrected chi connectivity index (χ1v) is 6.41. The fourth-order valence-electron chi connectivity index (χ4n) is 2.17. The lowest BCUT2D eigenvalue weighted by Crippen LogP contribution is -2.20. The minimum absolute atomic E-state index is 0.00685. The lowest BCUT2D eigenvalue weighted by atomic mass is 10.1. The van der Waals surface area contributed by atoms with E-state index in [2.05, 4.69) is 5.32 Å². The van der Waals surface area contributed by atoms with Crippen LogP contribution in [0.2, 0.25) is 0 Å². The Morgan fingerprint density at radius 3 is 2.68 bits per heavy atom. The maximum absolute atomic E-state index is 13.5. The molecule has 0 radical (unpaired) electrons. The highest BCUT2D eigenvalue weighted by Crippen LogP contribution is 2.36. The molecule has 1 unspecified atom stereocenters. The molecule has 1 aliphatic rings. The third-order valence-electron chi connectivity index (χ3n) is 3.38. The van der Waals surface area contributed by atoms with Crippen LogP contribution in [-0.2, 0) is 0 Å². The van der Waals surface area contributed by atoms with Crippen LogP contribution >= 0.6 is 0 Å². The summed E-state index contributed by atoms with van der Waals surface area (Å²) in [5.74, 6) is -1.32. The first-order valence-electron chi connectivity index (χ1n) is 6.41. The molecule has 4 nitrogen and oxygen atoms in total. The van der Waals surface area contributed by atoms with E-state index in [-0.39, 0.29) is 11.7 Å². The molecule has 1 saturated carbocycles. The summed E-state index contributed by atoms with van der Waals surface area (Å²) < 4.78 is 26.7. The Morgan fingerprint density at radius 2 is 2.16 bits per heavy atom. The lowest BCUT2D eigenvalue weighted by Gasteiger charge is -2.18. The molecule has 0 aliphatic heterocycles. The molecule has 6 heteroatoms. The topological polar surface area (TPSA) is 55.2 Å². The van der Waals surface area contributed by atoms with E-state index in [1.54, 1.807) is 0 Å². The van der Waals surface area contributed by atoms with E-state index in [0.29, 0.717) is 12.0 Å². The van der Waals surface area contributed by atoms with Gasteiger partial charge in [-0.25, -0.2) is 4.39 Å². The lowest BCUT2D eigenvalue weighted by molar-refractivity contribution is -0.386. The summed E-state index contributed by atoms with van der Waals surface area (Å²) in [5, 5.41) is 13.8. The van der Waals surface area contributed by atoms with Crippen LogP contribution in [0.3, 0.4) is 0 Å². The van der Waals surface area contributed by atoms with E-state index in [9.17, 15) is 18.9 Å². The number of rotatable bonds is 6. The Morgan fingerprint density at radius 1 is 1.47 bits per heavy atom. The van der Waals surface area contributed by atoms with Gasteiger partial charge in [0.2, 0.25) is 5.82 Å². The third kappa shape index (κ3) is 3.39. The molecule has 0 aromatic heterocycles. The van der Waals surface area contributed by atoms with Gasteiger partial charge in [0, 0.05) is 18.2 Å². The predicted molar refractivity (Wildman–Crippen MR) is 68.1 cm³/mol. The van der Waals surface area contributed by atoms with Crippen LogP contribution < -0.4 is 5.32 Å². The van der Waals surface area contributed by atoms with Crippen molar-refractivity contribution >= 4 is 11.4 Å². The molecule has 104 valence electrons. The van der Waals surface area contributed by atoms with Crippen molar-refractivity contribution in [2.75, 3.05) is 5.32 Å². The number of nitrogens with zero attached hydrogens (tertiary/aromatic N) is 1. The smallest absolute Gasteiger partial charge is 0.327 e. The van der Waals surface area contributed by atoms with E-state index in [1.165, 1.54) is 0 Å². The minimum atomic E-state index is -1.14. The van der Waals surface area contributed by atoms with Gasteiger partial charge in [-0.1, -0.05) is 19.8 Å². The molecule has 1 atom stereocenters. The zero-order valence-electron chi connectivity index (χ0n) is 10.7. The molecular weight excluding hydrogens is 254 g/mol. The van der Waals surface area contributed by atoms with Gasteiger partial charge in [-0.15, -0.1) is 0 Å². The fourth-order valence-corrected chi connectivity index (χ4v) is 2.17. The number of hydrogen-bond acceptors (Lipinski definition) is 3. The quantitative estimate of drug-likeness (QED) is 0.630. The second kappa shape index (κ2) is 5.50. The number of hydrogen-bond donors (Lipinski definition) is 1. The Labute approximate surface area is 110 Å². The van der Waals surface area contributed by atoms with Gasteiger partial charge in [0.05, 0.1) is 4.92 Å². The van der Waals surface area contributed by atoms with Gasteiger partial charge in [-0.3, -0.25) is 10.1 Å². The van der Waals surface area contributed by atoms with Crippen molar-refractivity contribution in [3.8, 4) is 0 Å².